The lowest BCUT2D eigenvalue weighted by Crippen LogP contribution is -2.42. The van der Waals surface area contributed by atoms with Gasteiger partial charge in [-0.2, -0.15) is 0 Å². The summed E-state index contributed by atoms with van der Waals surface area (Å²) in [4.78, 5) is 13.2. The fraction of sp³-hybridized carbons (Fsp3) is 0.417. The summed E-state index contributed by atoms with van der Waals surface area (Å²) >= 11 is 0. The SMILES string of the molecule is O=C(c1c(F)cccc1F)N1CCC[C@H](O)C1. The van der Waals surface area contributed by atoms with Gasteiger partial charge < -0.3 is 10.0 Å². The van der Waals surface area contributed by atoms with E-state index in [4.69, 9.17) is 0 Å². The number of nitrogens with zero attached hydrogens (tertiary/aromatic N) is 1. The zero-order valence-corrected chi connectivity index (χ0v) is 9.20. The standard InChI is InChI=1S/C12H13F2NO2/c13-9-4-1-5-10(14)11(9)12(17)15-6-2-3-8(16)7-15/h1,4-5,8,16H,2-3,6-7H2/t8-/m0/s1. The predicted molar refractivity (Wildman–Crippen MR) is 57.5 cm³/mol. The summed E-state index contributed by atoms with van der Waals surface area (Å²) < 4.78 is 26.8. The van der Waals surface area contributed by atoms with Gasteiger partial charge in [0.25, 0.3) is 5.91 Å². The highest BCUT2D eigenvalue weighted by atomic mass is 19.1. The van der Waals surface area contributed by atoms with E-state index < -0.39 is 29.2 Å². The lowest BCUT2D eigenvalue weighted by molar-refractivity contribution is 0.0465. The fourth-order valence-electron chi connectivity index (χ4n) is 2.00. The van der Waals surface area contributed by atoms with Crippen LogP contribution in [0.4, 0.5) is 8.78 Å². The number of halogens is 2. The van der Waals surface area contributed by atoms with Gasteiger partial charge in [0, 0.05) is 13.1 Å². The zero-order valence-electron chi connectivity index (χ0n) is 9.20. The quantitative estimate of drug-likeness (QED) is 0.810. The maximum atomic E-state index is 13.4. The Morgan fingerprint density at radius 3 is 2.59 bits per heavy atom. The molecule has 1 atom stereocenters. The minimum Gasteiger partial charge on any atom is -0.391 e. The van der Waals surface area contributed by atoms with Crippen LogP contribution in [-0.2, 0) is 0 Å². The molecule has 1 fully saturated rings. The van der Waals surface area contributed by atoms with Crippen LogP contribution in [0.2, 0.25) is 0 Å². The fourth-order valence-corrected chi connectivity index (χ4v) is 2.00. The molecule has 1 aromatic rings. The normalized spacial score (nSPS) is 20.4. The van der Waals surface area contributed by atoms with E-state index in [0.29, 0.717) is 19.4 Å². The second-order valence-electron chi connectivity index (χ2n) is 4.14. The summed E-state index contributed by atoms with van der Waals surface area (Å²) in [6, 6.07) is 3.32. The van der Waals surface area contributed by atoms with E-state index in [2.05, 4.69) is 0 Å². The molecule has 0 bridgehead atoms. The lowest BCUT2D eigenvalue weighted by Gasteiger charge is -2.30. The molecule has 2 rings (SSSR count). The average Bonchev–Trinajstić information content (AvgIpc) is 2.28. The molecule has 17 heavy (non-hydrogen) atoms. The topological polar surface area (TPSA) is 40.5 Å². The van der Waals surface area contributed by atoms with Gasteiger partial charge in [0.2, 0.25) is 0 Å². The van der Waals surface area contributed by atoms with E-state index in [9.17, 15) is 18.7 Å². The molecule has 1 aliphatic rings. The first-order valence-electron chi connectivity index (χ1n) is 5.51. The Balaban J connectivity index is 2.24. The van der Waals surface area contributed by atoms with E-state index in [1.54, 1.807) is 0 Å². The molecule has 3 nitrogen and oxygen atoms in total. The van der Waals surface area contributed by atoms with Crippen LogP contribution >= 0.6 is 0 Å². The van der Waals surface area contributed by atoms with Crippen LogP contribution in [0.5, 0.6) is 0 Å². The third-order valence-corrected chi connectivity index (χ3v) is 2.86. The van der Waals surface area contributed by atoms with Gasteiger partial charge in [-0.3, -0.25) is 4.79 Å². The van der Waals surface area contributed by atoms with Crippen molar-refractivity contribution in [2.45, 2.75) is 18.9 Å². The Hall–Kier alpha value is -1.49. The molecule has 0 saturated carbocycles. The van der Waals surface area contributed by atoms with Crippen molar-refractivity contribution in [3.05, 3.63) is 35.4 Å². The van der Waals surface area contributed by atoms with Crippen LogP contribution in [0.15, 0.2) is 18.2 Å². The van der Waals surface area contributed by atoms with Gasteiger partial charge in [-0.15, -0.1) is 0 Å². The molecule has 1 heterocycles. The van der Waals surface area contributed by atoms with Gasteiger partial charge in [0.05, 0.1) is 6.10 Å². The Morgan fingerprint density at radius 1 is 1.35 bits per heavy atom. The summed E-state index contributed by atoms with van der Waals surface area (Å²) in [5.74, 6) is -2.43. The number of hydrogen-bond donors (Lipinski definition) is 1. The van der Waals surface area contributed by atoms with Crippen molar-refractivity contribution in [3.63, 3.8) is 0 Å². The summed E-state index contributed by atoms with van der Waals surface area (Å²) in [5.41, 5.74) is -0.540. The van der Waals surface area contributed by atoms with Gasteiger partial charge in [-0.05, 0) is 25.0 Å². The van der Waals surface area contributed by atoms with Crippen molar-refractivity contribution in [2.75, 3.05) is 13.1 Å². The second-order valence-corrected chi connectivity index (χ2v) is 4.14. The summed E-state index contributed by atoms with van der Waals surface area (Å²) in [7, 11) is 0. The number of rotatable bonds is 1. The number of piperidine rings is 1. The molecule has 1 saturated heterocycles. The number of carbonyl (C=O) groups excluding carboxylic acids is 1. The van der Waals surface area contributed by atoms with Gasteiger partial charge in [-0.25, -0.2) is 8.78 Å². The number of β-amino-alcohol motifs (C(OH)–C–C–N with tert-alkyl or cyclic N) is 1. The van der Waals surface area contributed by atoms with E-state index >= 15 is 0 Å². The summed E-state index contributed by atoms with van der Waals surface area (Å²) in [6.07, 6.45) is 0.648. The largest absolute Gasteiger partial charge is 0.391 e. The third kappa shape index (κ3) is 2.44. The molecule has 0 spiro atoms. The highest BCUT2D eigenvalue weighted by molar-refractivity contribution is 5.94. The third-order valence-electron chi connectivity index (χ3n) is 2.86. The monoisotopic (exact) mass is 241 g/mol. The summed E-state index contributed by atoms with van der Waals surface area (Å²) in [6.45, 7) is 0.552. The molecule has 0 radical (unpaired) electrons. The first-order valence-corrected chi connectivity index (χ1v) is 5.51. The maximum Gasteiger partial charge on any atom is 0.259 e. The van der Waals surface area contributed by atoms with Crippen LogP contribution in [0.1, 0.15) is 23.2 Å². The molecular weight excluding hydrogens is 228 g/mol. The molecular formula is C12H13F2NO2. The highest BCUT2D eigenvalue weighted by Gasteiger charge is 2.26. The van der Waals surface area contributed by atoms with Gasteiger partial charge in [-0.1, -0.05) is 6.07 Å². The van der Waals surface area contributed by atoms with Crippen molar-refractivity contribution in [1.29, 1.82) is 0 Å². The molecule has 5 heteroatoms. The highest BCUT2D eigenvalue weighted by Crippen LogP contribution is 2.18. The first-order chi connectivity index (χ1) is 8.09. The number of benzene rings is 1. The maximum absolute atomic E-state index is 13.4. The van der Waals surface area contributed by atoms with Crippen molar-refractivity contribution in [1.82, 2.24) is 4.90 Å². The van der Waals surface area contributed by atoms with Gasteiger partial charge >= 0.3 is 0 Å². The van der Waals surface area contributed by atoms with Crippen molar-refractivity contribution in [2.24, 2.45) is 0 Å². The molecule has 0 unspecified atom stereocenters. The van der Waals surface area contributed by atoms with E-state index in [0.717, 1.165) is 12.1 Å². The summed E-state index contributed by atoms with van der Waals surface area (Å²) in [5, 5.41) is 9.43. The number of aliphatic hydroxyl groups is 1. The van der Waals surface area contributed by atoms with E-state index in [1.165, 1.54) is 11.0 Å². The lowest BCUT2D eigenvalue weighted by atomic mass is 10.1. The first kappa shape index (κ1) is 12.0. The van der Waals surface area contributed by atoms with E-state index in [-0.39, 0.29) is 6.54 Å². The van der Waals surface area contributed by atoms with Crippen LogP contribution in [0.3, 0.4) is 0 Å². The second kappa shape index (κ2) is 4.79. The van der Waals surface area contributed by atoms with Crippen molar-refractivity contribution >= 4 is 5.91 Å². The van der Waals surface area contributed by atoms with Gasteiger partial charge in [0.15, 0.2) is 0 Å². The molecule has 1 aromatic carbocycles. The van der Waals surface area contributed by atoms with Crippen molar-refractivity contribution in [3.8, 4) is 0 Å². The molecule has 1 aliphatic heterocycles. The van der Waals surface area contributed by atoms with Gasteiger partial charge in [0.1, 0.15) is 17.2 Å². The number of hydrogen-bond acceptors (Lipinski definition) is 2. The van der Waals surface area contributed by atoms with E-state index in [1.807, 2.05) is 0 Å². The van der Waals surface area contributed by atoms with Crippen molar-refractivity contribution < 1.29 is 18.7 Å². The molecule has 92 valence electrons. The van der Waals surface area contributed by atoms with Crippen LogP contribution in [0, 0.1) is 11.6 Å². The average molecular weight is 241 g/mol. The predicted octanol–water partition coefficient (Wildman–Crippen LogP) is 1.56. The molecule has 0 aliphatic carbocycles. The molecule has 1 amide bonds. The smallest absolute Gasteiger partial charge is 0.259 e. The zero-order chi connectivity index (χ0) is 12.4. The molecule has 0 aromatic heterocycles. The Kier molecular flexibility index (Phi) is 3.38. The Bertz CT molecular complexity index is 416. The minimum atomic E-state index is -0.866. The number of aliphatic hydroxyl groups excluding tert-OH is 1. The number of carbonyl (C=O) groups is 1. The number of amides is 1. The minimum absolute atomic E-state index is 0.132. The van der Waals surface area contributed by atoms with Crippen LogP contribution < -0.4 is 0 Å². The Labute approximate surface area is 97.7 Å². The Morgan fingerprint density at radius 2 is 2.00 bits per heavy atom. The van der Waals surface area contributed by atoms with Crippen LogP contribution in [0.25, 0.3) is 0 Å². The van der Waals surface area contributed by atoms with Crippen LogP contribution in [-0.4, -0.2) is 35.1 Å². The number of likely N-dealkylation sites (tertiary alicyclic amines) is 1. The molecule has 1 N–H and O–H groups in total.